The Morgan fingerprint density at radius 3 is 2.73 bits per heavy atom. The smallest absolute Gasteiger partial charge is 0.227 e. The number of aryl methyl sites for hydroxylation is 1. The molecule has 1 aliphatic heterocycles. The molecule has 0 N–H and O–H groups in total. The second-order valence-corrected chi connectivity index (χ2v) is 8.90. The Morgan fingerprint density at radius 1 is 1.23 bits per heavy atom. The standard InChI is InChI=1S/C22H32N2O2/c1-22(2)11-6-12-24(20(22)15-23(3)4)21(26)14-16-9-10-18-17(13-16)7-5-8-19(18)25/h9-10,13,20H,5-8,11-12,14-15H2,1-4H3. The number of benzene rings is 1. The molecule has 3 rings (SSSR count). The van der Waals surface area contributed by atoms with Gasteiger partial charge in [-0.2, -0.15) is 0 Å². The minimum absolute atomic E-state index is 0.139. The first-order valence-electron chi connectivity index (χ1n) is 9.87. The molecule has 0 spiro atoms. The molecule has 0 aromatic heterocycles. The van der Waals surface area contributed by atoms with Crippen LogP contribution < -0.4 is 0 Å². The Morgan fingerprint density at radius 2 is 2.00 bits per heavy atom. The fourth-order valence-electron chi connectivity index (χ4n) is 4.53. The molecule has 4 nitrogen and oxygen atoms in total. The largest absolute Gasteiger partial charge is 0.338 e. The zero-order valence-corrected chi connectivity index (χ0v) is 16.7. The van der Waals surface area contributed by atoms with Gasteiger partial charge in [0.15, 0.2) is 5.78 Å². The molecule has 4 heteroatoms. The quantitative estimate of drug-likeness (QED) is 0.831. The molecule has 2 aliphatic rings. The molecular formula is C22H32N2O2. The topological polar surface area (TPSA) is 40.6 Å². The van der Waals surface area contributed by atoms with Crippen molar-refractivity contribution in [3.05, 3.63) is 34.9 Å². The van der Waals surface area contributed by atoms with Gasteiger partial charge >= 0.3 is 0 Å². The first-order valence-corrected chi connectivity index (χ1v) is 9.87. The molecule has 1 aromatic rings. The molecule has 1 atom stereocenters. The van der Waals surface area contributed by atoms with E-state index in [0.717, 1.165) is 55.5 Å². The highest BCUT2D eigenvalue weighted by atomic mass is 16.2. The molecule has 1 amide bonds. The van der Waals surface area contributed by atoms with Crippen molar-refractivity contribution in [2.45, 2.75) is 58.4 Å². The summed E-state index contributed by atoms with van der Waals surface area (Å²) in [6.45, 7) is 6.32. The SMILES string of the molecule is CN(C)CC1N(C(=O)Cc2ccc3c(c2)CCCC3=O)CCCC1(C)C. The highest BCUT2D eigenvalue weighted by Gasteiger charge is 2.39. The van der Waals surface area contributed by atoms with Crippen molar-refractivity contribution < 1.29 is 9.59 Å². The average Bonchev–Trinajstić information content (AvgIpc) is 2.56. The van der Waals surface area contributed by atoms with Gasteiger partial charge in [-0.25, -0.2) is 0 Å². The summed E-state index contributed by atoms with van der Waals surface area (Å²) in [5.41, 5.74) is 3.16. The number of nitrogens with zero attached hydrogens (tertiary/aromatic N) is 2. The number of likely N-dealkylation sites (tertiary alicyclic amines) is 1. The minimum Gasteiger partial charge on any atom is -0.338 e. The molecule has 142 valence electrons. The molecule has 1 heterocycles. The predicted octanol–water partition coefficient (Wildman–Crippen LogP) is 3.33. The number of carbonyl (C=O) groups is 2. The third kappa shape index (κ3) is 4.01. The highest BCUT2D eigenvalue weighted by Crippen LogP contribution is 2.36. The Bertz CT molecular complexity index is 693. The average molecular weight is 357 g/mol. The molecule has 1 aromatic carbocycles. The van der Waals surface area contributed by atoms with Crippen molar-refractivity contribution in [2.24, 2.45) is 5.41 Å². The van der Waals surface area contributed by atoms with E-state index >= 15 is 0 Å². The van der Waals surface area contributed by atoms with Crippen LogP contribution in [0.3, 0.4) is 0 Å². The van der Waals surface area contributed by atoms with Crippen LogP contribution in [0.1, 0.15) is 61.0 Å². The molecule has 0 bridgehead atoms. The van der Waals surface area contributed by atoms with E-state index in [0.29, 0.717) is 12.8 Å². The number of hydrogen-bond donors (Lipinski definition) is 0. The van der Waals surface area contributed by atoms with Gasteiger partial charge in [-0.3, -0.25) is 9.59 Å². The monoisotopic (exact) mass is 356 g/mol. The van der Waals surface area contributed by atoms with Crippen LogP contribution in [-0.4, -0.2) is 54.7 Å². The number of piperidine rings is 1. The van der Waals surface area contributed by atoms with Crippen molar-refractivity contribution in [3.63, 3.8) is 0 Å². The molecule has 1 saturated heterocycles. The van der Waals surface area contributed by atoms with Crippen LogP contribution in [0.5, 0.6) is 0 Å². The van der Waals surface area contributed by atoms with E-state index in [1.165, 1.54) is 0 Å². The number of carbonyl (C=O) groups excluding carboxylic acids is 2. The van der Waals surface area contributed by atoms with Crippen LogP contribution >= 0.6 is 0 Å². The third-order valence-corrected chi connectivity index (χ3v) is 6.03. The fraction of sp³-hybridized carbons (Fsp3) is 0.636. The summed E-state index contributed by atoms with van der Waals surface area (Å²) in [5, 5.41) is 0. The van der Waals surface area contributed by atoms with E-state index in [1.54, 1.807) is 0 Å². The summed E-state index contributed by atoms with van der Waals surface area (Å²) in [6.07, 6.45) is 5.19. The molecule has 1 aliphatic carbocycles. The molecule has 0 radical (unpaired) electrons. The summed E-state index contributed by atoms with van der Waals surface area (Å²) in [4.78, 5) is 29.4. The maximum absolute atomic E-state index is 13.1. The number of amides is 1. The Balaban J connectivity index is 1.77. The number of likely N-dealkylation sites (N-methyl/N-ethyl adjacent to an activating group) is 1. The van der Waals surface area contributed by atoms with Crippen molar-refractivity contribution in [1.82, 2.24) is 9.80 Å². The van der Waals surface area contributed by atoms with Crippen LogP contribution in [0.4, 0.5) is 0 Å². The van der Waals surface area contributed by atoms with Crippen LogP contribution in [0.25, 0.3) is 0 Å². The minimum atomic E-state index is 0.139. The molecule has 1 fully saturated rings. The zero-order valence-electron chi connectivity index (χ0n) is 16.7. The normalized spacial score (nSPS) is 22.4. The van der Waals surface area contributed by atoms with Crippen LogP contribution in [0, 0.1) is 5.41 Å². The van der Waals surface area contributed by atoms with E-state index in [2.05, 4.69) is 43.8 Å². The number of ketones is 1. The summed E-state index contributed by atoms with van der Waals surface area (Å²) < 4.78 is 0. The lowest BCUT2D eigenvalue weighted by Crippen LogP contribution is -2.56. The maximum Gasteiger partial charge on any atom is 0.227 e. The van der Waals surface area contributed by atoms with Crippen molar-refractivity contribution in [2.75, 3.05) is 27.2 Å². The van der Waals surface area contributed by atoms with E-state index in [1.807, 2.05) is 12.1 Å². The Kier molecular flexibility index (Phi) is 5.52. The predicted molar refractivity (Wildman–Crippen MR) is 104 cm³/mol. The second kappa shape index (κ2) is 7.51. The Labute approximate surface area is 157 Å². The number of rotatable bonds is 4. The van der Waals surface area contributed by atoms with Gasteiger partial charge in [0.05, 0.1) is 6.42 Å². The number of Topliss-reactive ketones (excluding diaryl/α,β-unsaturated/α-hetero) is 1. The summed E-state index contributed by atoms with van der Waals surface area (Å²) in [7, 11) is 4.15. The fourth-order valence-corrected chi connectivity index (χ4v) is 4.53. The lowest BCUT2D eigenvalue weighted by Gasteiger charge is -2.47. The first kappa shape index (κ1) is 19.1. The summed E-state index contributed by atoms with van der Waals surface area (Å²) >= 11 is 0. The van der Waals surface area contributed by atoms with Crippen molar-refractivity contribution in [1.29, 1.82) is 0 Å². The lowest BCUT2D eigenvalue weighted by molar-refractivity contribution is -0.138. The summed E-state index contributed by atoms with van der Waals surface area (Å²) in [6, 6.07) is 6.23. The zero-order chi connectivity index (χ0) is 18.9. The van der Waals surface area contributed by atoms with Gasteiger partial charge in [-0.1, -0.05) is 32.0 Å². The van der Waals surface area contributed by atoms with E-state index in [4.69, 9.17) is 0 Å². The van der Waals surface area contributed by atoms with E-state index in [9.17, 15) is 9.59 Å². The van der Waals surface area contributed by atoms with Crippen molar-refractivity contribution in [3.8, 4) is 0 Å². The second-order valence-electron chi connectivity index (χ2n) is 8.90. The molecule has 0 saturated carbocycles. The maximum atomic E-state index is 13.1. The molecule has 26 heavy (non-hydrogen) atoms. The first-order chi connectivity index (χ1) is 12.3. The van der Waals surface area contributed by atoms with E-state index in [-0.39, 0.29) is 23.1 Å². The third-order valence-electron chi connectivity index (χ3n) is 6.03. The van der Waals surface area contributed by atoms with Crippen molar-refractivity contribution >= 4 is 11.7 Å². The molecular weight excluding hydrogens is 324 g/mol. The van der Waals surface area contributed by atoms with Gasteiger partial charge in [0, 0.05) is 31.1 Å². The lowest BCUT2D eigenvalue weighted by atomic mass is 9.76. The van der Waals surface area contributed by atoms with Crippen LogP contribution in [0.15, 0.2) is 18.2 Å². The van der Waals surface area contributed by atoms with Gasteiger partial charge in [0.25, 0.3) is 0 Å². The van der Waals surface area contributed by atoms with Gasteiger partial charge < -0.3 is 9.80 Å². The van der Waals surface area contributed by atoms with Crippen LogP contribution in [0.2, 0.25) is 0 Å². The van der Waals surface area contributed by atoms with Gasteiger partial charge in [0.1, 0.15) is 0 Å². The van der Waals surface area contributed by atoms with Gasteiger partial charge in [-0.15, -0.1) is 0 Å². The molecule has 1 unspecified atom stereocenters. The van der Waals surface area contributed by atoms with Gasteiger partial charge in [0.2, 0.25) is 5.91 Å². The van der Waals surface area contributed by atoms with E-state index < -0.39 is 0 Å². The summed E-state index contributed by atoms with van der Waals surface area (Å²) in [5.74, 6) is 0.458. The highest BCUT2D eigenvalue weighted by molar-refractivity contribution is 5.98. The Hall–Kier alpha value is -1.68. The number of hydrogen-bond acceptors (Lipinski definition) is 3. The van der Waals surface area contributed by atoms with Gasteiger partial charge in [-0.05, 0) is 56.3 Å². The van der Waals surface area contributed by atoms with Crippen LogP contribution in [-0.2, 0) is 17.6 Å². The number of fused-ring (bicyclic) bond motifs is 1.